The highest BCUT2D eigenvalue weighted by Crippen LogP contribution is 2.23. The third-order valence-corrected chi connectivity index (χ3v) is 2.58. The highest BCUT2D eigenvalue weighted by molar-refractivity contribution is 6.59. The zero-order valence-corrected chi connectivity index (χ0v) is 10.4. The van der Waals surface area contributed by atoms with Crippen LogP contribution >= 0.6 is 0 Å². The summed E-state index contributed by atoms with van der Waals surface area (Å²) in [6.45, 7) is 0.486. The fourth-order valence-corrected chi connectivity index (χ4v) is 1.40. The Bertz CT molecular complexity index is 423. The van der Waals surface area contributed by atoms with Gasteiger partial charge in [-0.25, -0.2) is 0 Å². The molecule has 1 aromatic carbocycles. The second-order valence-electron chi connectivity index (χ2n) is 3.93. The first-order valence-electron chi connectivity index (χ1n) is 5.47. The van der Waals surface area contributed by atoms with Crippen molar-refractivity contribution in [2.45, 2.75) is 25.8 Å². The molecule has 0 amide bonds. The van der Waals surface area contributed by atoms with Crippen molar-refractivity contribution in [2.75, 3.05) is 7.11 Å². The Labute approximate surface area is 108 Å². The molecule has 0 aromatic heterocycles. The molecule has 0 fully saturated rings. The third-order valence-electron chi connectivity index (χ3n) is 2.58. The van der Waals surface area contributed by atoms with Gasteiger partial charge in [-0.2, -0.15) is 13.2 Å². The number of benzene rings is 1. The van der Waals surface area contributed by atoms with Gasteiger partial charge < -0.3 is 19.5 Å². The van der Waals surface area contributed by atoms with E-state index in [1.54, 1.807) is 0 Å². The second kappa shape index (κ2) is 6.27. The Hall–Kier alpha value is -1.25. The molecule has 1 unspecified atom stereocenters. The van der Waals surface area contributed by atoms with Crippen molar-refractivity contribution in [3.63, 3.8) is 0 Å². The molecule has 2 N–H and O–H groups in total. The predicted molar refractivity (Wildman–Crippen MR) is 63.1 cm³/mol. The smallest absolute Gasteiger partial charge is 0.488 e. The molecule has 1 rings (SSSR count). The minimum Gasteiger partial charge on any atom is -0.497 e. The highest BCUT2D eigenvalue weighted by atomic mass is 19.4. The number of halogens is 3. The van der Waals surface area contributed by atoms with Gasteiger partial charge in [0.2, 0.25) is 0 Å². The van der Waals surface area contributed by atoms with E-state index in [1.165, 1.54) is 25.3 Å². The zero-order valence-electron chi connectivity index (χ0n) is 10.4. The molecule has 0 aliphatic heterocycles. The Balaban J connectivity index is 2.86. The van der Waals surface area contributed by atoms with Crippen molar-refractivity contribution in [1.82, 2.24) is 0 Å². The minimum absolute atomic E-state index is 0.0789. The maximum absolute atomic E-state index is 12.3. The van der Waals surface area contributed by atoms with E-state index in [0.717, 1.165) is 6.92 Å². The first-order valence-corrected chi connectivity index (χ1v) is 5.47. The van der Waals surface area contributed by atoms with E-state index in [2.05, 4.69) is 4.74 Å². The first kappa shape index (κ1) is 15.8. The van der Waals surface area contributed by atoms with Gasteiger partial charge in [-0.15, -0.1) is 0 Å². The maximum atomic E-state index is 12.3. The molecule has 106 valence electrons. The number of alkyl halides is 3. The van der Waals surface area contributed by atoms with Crippen molar-refractivity contribution in [3.05, 3.63) is 23.8 Å². The van der Waals surface area contributed by atoms with Crippen LogP contribution in [0.3, 0.4) is 0 Å². The van der Waals surface area contributed by atoms with Gasteiger partial charge in [0.25, 0.3) is 0 Å². The van der Waals surface area contributed by atoms with Gasteiger partial charge in [0.15, 0.2) is 6.10 Å². The summed E-state index contributed by atoms with van der Waals surface area (Å²) in [6, 6.07) is 4.24. The van der Waals surface area contributed by atoms with Crippen molar-refractivity contribution >= 4 is 12.6 Å². The summed E-state index contributed by atoms with van der Waals surface area (Å²) in [6.07, 6.45) is -6.40. The van der Waals surface area contributed by atoms with Crippen LogP contribution in [-0.2, 0) is 11.3 Å². The molecular weight excluding hydrogens is 264 g/mol. The summed E-state index contributed by atoms with van der Waals surface area (Å²) in [5.74, 6) is 0.391. The van der Waals surface area contributed by atoms with E-state index >= 15 is 0 Å². The first-order chi connectivity index (χ1) is 8.75. The number of methoxy groups -OCH3 is 1. The number of hydrogen-bond acceptors (Lipinski definition) is 4. The summed E-state index contributed by atoms with van der Waals surface area (Å²) in [5, 5.41) is 18.3. The van der Waals surface area contributed by atoms with E-state index < -0.39 is 26.0 Å². The molecule has 0 aliphatic carbocycles. The molecular formula is C11H14BF3O4. The Morgan fingerprint density at radius 3 is 2.42 bits per heavy atom. The normalized spacial score (nSPS) is 13.2. The molecule has 4 nitrogen and oxygen atoms in total. The van der Waals surface area contributed by atoms with E-state index in [9.17, 15) is 13.2 Å². The fraction of sp³-hybridized carbons (Fsp3) is 0.455. The summed E-state index contributed by atoms with van der Waals surface area (Å²) >= 11 is 0. The van der Waals surface area contributed by atoms with Gasteiger partial charge in [0, 0.05) is 0 Å². The van der Waals surface area contributed by atoms with Crippen LogP contribution < -0.4 is 10.2 Å². The largest absolute Gasteiger partial charge is 0.497 e. The van der Waals surface area contributed by atoms with Gasteiger partial charge in [-0.1, -0.05) is 6.07 Å². The highest BCUT2D eigenvalue weighted by Gasteiger charge is 2.37. The lowest BCUT2D eigenvalue weighted by Crippen LogP contribution is -2.34. The molecule has 8 heteroatoms. The average Bonchev–Trinajstić information content (AvgIpc) is 2.33. The predicted octanol–water partition coefficient (Wildman–Crippen LogP) is 0.842. The van der Waals surface area contributed by atoms with Gasteiger partial charge in [-0.3, -0.25) is 0 Å². The third kappa shape index (κ3) is 4.41. The number of hydrogen-bond donors (Lipinski definition) is 2. The SMILES string of the molecule is COc1ccc(B(O)O)c(COC(C)C(F)(F)F)c1. The molecule has 1 atom stereocenters. The molecule has 0 saturated carbocycles. The van der Waals surface area contributed by atoms with Crippen molar-refractivity contribution in [3.8, 4) is 5.75 Å². The van der Waals surface area contributed by atoms with E-state index in [1.807, 2.05) is 0 Å². The minimum atomic E-state index is -4.46. The Morgan fingerprint density at radius 2 is 1.95 bits per heavy atom. The standard InChI is InChI=1S/C11H14BF3O4/c1-7(11(13,14)15)19-6-8-5-9(18-2)3-4-10(8)12(16)17/h3-5,7,16-17H,6H2,1-2H3. The van der Waals surface area contributed by atoms with Crippen LogP contribution in [0.25, 0.3) is 0 Å². The van der Waals surface area contributed by atoms with Crippen molar-refractivity contribution in [2.24, 2.45) is 0 Å². The summed E-state index contributed by atoms with van der Waals surface area (Å²) < 4.78 is 46.5. The van der Waals surface area contributed by atoms with E-state index in [4.69, 9.17) is 14.8 Å². The Morgan fingerprint density at radius 1 is 1.32 bits per heavy atom. The maximum Gasteiger partial charge on any atom is 0.488 e. The van der Waals surface area contributed by atoms with Crippen molar-refractivity contribution < 1.29 is 32.7 Å². The van der Waals surface area contributed by atoms with Gasteiger partial charge in [-0.05, 0) is 30.1 Å². The number of ether oxygens (including phenoxy) is 2. The molecule has 0 saturated heterocycles. The molecule has 0 aliphatic rings. The molecule has 19 heavy (non-hydrogen) atoms. The lowest BCUT2D eigenvalue weighted by molar-refractivity contribution is -0.217. The van der Waals surface area contributed by atoms with Crippen LogP contribution in [0.4, 0.5) is 13.2 Å². The second-order valence-corrected chi connectivity index (χ2v) is 3.93. The summed E-state index contributed by atoms with van der Waals surface area (Å²) in [5.41, 5.74) is 0.306. The number of rotatable bonds is 5. The van der Waals surface area contributed by atoms with Crippen LogP contribution in [-0.4, -0.2) is 36.6 Å². The average molecular weight is 278 g/mol. The summed E-state index contributed by atoms with van der Waals surface area (Å²) in [7, 11) is -0.390. The van der Waals surface area contributed by atoms with Crippen LogP contribution in [0.1, 0.15) is 12.5 Å². The van der Waals surface area contributed by atoms with Crippen LogP contribution in [0.2, 0.25) is 0 Å². The fourth-order valence-electron chi connectivity index (χ4n) is 1.40. The molecule has 0 bridgehead atoms. The quantitative estimate of drug-likeness (QED) is 0.784. The van der Waals surface area contributed by atoms with E-state index in [-0.39, 0.29) is 11.0 Å². The van der Waals surface area contributed by atoms with Gasteiger partial charge in [0.05, 0.1) is 13.7 Å². The summed E-state index contributed by atoms with van der Waals surface area (Å²) in [4.78, 5) is 0. The van der Waals surface area contributed by atoms with Crippen molar-refractivity contribution in [1.29, 1.82) is 0 Å². The topological polar surface area (TPSA) is 58.9 Å². The zero-order chi connectivity index (χ0) is 14.6. The van der Waals surface area contributed by atoms with Crippen LogP contribution in [0.15, 0.2) is 18.2 Å². The molecule has 1 aromatic rings. The van der Waals surface area contributed by atoms with Gasteiger partial charge >= 0.3 is 13.3 Å². The van der Waals surface area contributed by atoms with Crippen LogP contribution in [0, 0.1) is 0 Å². The molecule has 0 heterocycles. The molecule has 0 spiro atoms. The monoisotopic (exact) mass is 278 g/mol. The van der Waals surface area contributed by atoms with Crippen LogP contribution in [0.5, 0.6) is 5.75 Å². The van der Waals surface area contributed by atoms with Gasteiger partial charge in [0.1, 0.15) is 5.75 Å². The van der Waals surface area contributed by atoms with E-state index in [0.29, 0.717) is 5.75 Å². The lowest BCUT2D eigenvalue weighted by atomic mass is 9.77. The molecule has 0 radical (unpaired) electrons. The Kier molecular flexibility index (Phi) is 5.22. The lowest BCUT2D eigenvalue weighted by Gasteiger charge is -2.18.